The number of rotatable bonds is 4. The van der Waals surface area contributed by atoms with Gasteiger partial charge in [-0.15, -0.1) is 10.2 Å². The lowest BCUT2D eigenvalue weighted by atomic mass is 10.0. The van der Waals surface area contributed by atoms with Crippen molar-refractivity contribution >= 4 is 12.0 Å². The molecule has 2 aliphatic heterocycles. The predicted octanol–water partition coefficient (Wildman–Crippen LogP) is 2.02. The van der Waals surface area contributed by atoms with Crippen molar-refractivity contribution in [3.8, 4) is 11.5 Å². The number of nitrogens with two attached hydrogens (primary N) is 1. The van der Waals surface area contributed by atoms with Gasteiger partial charge in [0.25, 0.3) is 11.8 Å². The monoisotopic (exact) mass is 412 g/mol. The second-order valence-electron chi connectivity index (χ2n) is 6.57. The van der Waals surface area contributed by atoms with Crippen LogP contribution in [0.15, 0.2) is 16.5 Å². The average molecular weight is 412 g/mol. The minimum atomic E-state index is -2.97. The van der Waals surface area contributed by atoms with E-state index in [1.165, 1.54) is 11.0 Å². The molecule has 1 fully saturated rings. The van der Waals surface area contributed by atoms with E-state index in [4.69, 9.17) is 19.6 Å². The quantitative estimate of drug-likeness (QED) is 0.816. The third-order valence-corrected chi connectivity index (χ3v) is 4.82. The largest absolute Gasteiger partial charge is 0.444 e. The van der Waals surface area contributed by atoms with Crippen LogP contribution < -0.4 is 5.73 Å². The van der Waals surface area contributed by atoms with E-state index in [2.05, 4.69) is 10.2 Å². The summed E-state index contributed by atoms with van der Waals surface area (Å²) in [6.07, 6.45) is -4.31. The summed E-state index contributed by atoms with van der Waals surface area (Å²) in [7, 11) is 0. The van der Waals surface area contributed by atoms with E-state index >= 15 is 0 Å². The van der Waals surface area contributed by atoms with Crippen molar-refractivity contribution in [3.05, 3.63) is 35.0 Å². The van der Waals surface area contributed by atoms with E-state index < -0.39 is 42.3 Å². The number of amides is 2. The molecule has 0 radical (unpaired) electrons. The number of halogens is 3. The molecule has 12 heteroatoms. The Hall–Kier alpha value is -3.15. The number of hydrogen-bond donors (Lipinski definition) is 1. The molecule has 2 aromatic rings. The van der Waals surface area contributed by atoms with Crippen molar-refractivity contribution in [2.45, 2.75) is 31.5 Å². The number of benzene rings is 1. The van der Waals surface area contributed by atoms with Gasteiger partial charge in [0.05, 0.1) is 25.8 Å². The normalized spacial score (nSPS) is 21.5. The number of aromatic nitrogens is 2. The zero-order chi connectivity index (χ0) is 20.7. The van der Waals surface area contributed by atoms with E-state index in [0.717, 1.165) is 6.07 Å². The highest BCUT2D eigenvalue weighted by Gasteiger charge is 2.41. The zero-order valence-corrected chi connectivity index (χ0v) is 14.8. The fraction of sp³-hybridized carbons (Fsp3) is 0.412. The van der Waals surface area contributed by atoms with Crippen LogP contribution in [0.25, 0.3) is 11.5 Å². The molecule has 2 atom stereocenters. The molecule has 0 bridgehead atoms. The van der Waals surface area contributed by atoms with Gasteiger partial charge in [-0.1, -0.05) is 0 Å². The zero-order valence-electron chi connectivity index (χ0n) is 14.8. The second kappa shape index (κ2) is 7.35. The fourth-order valence-electron chi connectivity index (χ4n) is 3.50. The molecular formula is C17H15F3N4O5. The summed E-state index contributed by atoms with van der Waals surface area (Å²) in [6, 6.07) is 1.69. The first-order valence-electron chi connectivity index (χ1n) is 8.64. The summed E-state index contributed by atoms with van der Waals surface area (Å²) in [5.74, 6) is -2.49. The smallest absolute Gasteiger partial charge is 0.404 e. The minimum absolute atomic E-state index is 0.000630. The Morgan fingerprint density at radius 3 is 2.83 bits per heavy atom. The highest BCUT2D eigenvalue weighted by Crippen LogP contribution is 2.34. The molecule has 0 aliphatic carbocycles. The Kier molecular flexibility index (Phi) is 4.86. The molecule has 2 aliphatic rings. The molecule has 1 aromatic heterocycles. The number of nitrogens with zero attached hydrogens (tertiary/aromatic N) is 3. The summed E-state index contributed by atoms with van der Waals surface area (Å²) >= 11 is 0. The second-order valence-corrected chi connectivity index (χ2v) is 6.57. The Bertz CT molecular complexity index is 967. The number of alkyl halides is 2. The molecule has 0 unspecified atom stereocenters. The Morgan fingerprint density at radius 2 is 2.14 bits per heavy atom. The van der Waals surface area contributed by atoms with Gasteiger partial charge in [0, 0.05) is 23.1 Å². The Labute approximate surface area is 161 Å². The molecule has 3 heterocycles. The van der Waals surface area contributed by atoms with Gasteiger partial charge in [0.15, 0.2) is 0 Å². The molecule has 4 rings (SSSR count). The summed E-state index contributed by atoms with van der Waals surface area (Å²) in [5.41, 5.74) is 5.24. The number of carbonyl (C=O) groups is 2. The van der Waals surface area contributed by atoms with Gasteiger partial charge in [-0.2, -0.15) is 8.78 Å². The van der Waals surface area contributed by atoms with Gasteiger partial charge in [0.2, 0.25) is 5.89 Å². The number of carbonyl (C=O) groups excluding carboxylic acids is 2. The molecule has 2 amide bonds. The minimum Gasteiger partial charge on any atom is -0.444 e. The molecule has 9 nitrogen and oxygen atoms in total. The van der Waals surface area contributed by atoms with Gasteiger partial charge in [-0.25, -0.2) is 9.18 Å². The molecule has 2 N–H and O–H groups in total. The van der Waals surface area contributed by atoms with Crippen molar-refractivity contribution in [2.24, 2.45) is 5.73 Å². The molecule has 1 saturated heterocycles. The van der Waals surface area contributed by atoms with Crippen LogP contribution in [0, 0.1) is 5.82 Å². The lowest BCUT2D eigenvalue weighted by Gasteiger charge is -2.36. The highest BCUT2D eigenvalue weighted by atomic mass is 19.3. The van der Waals surface area contributed by atoms with Gasteiger partial charge in [0.1, 0.15) is 11.9 Å². The van der Waals surface area contributed by atoms with Crippen LogP contribution in [0.2, 0.25) is 0 Å². The van der Waals surface area contributed by atoms with E-state index in [1.807, 2.05) is 0 Å². The van der Waals surface area contributed by atoms with Crippen LogP contribution >= 0.6 is 0 Å². The van der Waals surface area contributed by atoms with Crippen LogP contribution in [0.1, 0.15) is 34.7 Å². The first-order valence-corrected chi connectivity index (χ1v) is 8.64. The number of ether oxygens (including phenoxy) is 2. The SMILES string of the molecule is NC(=O)O[C@@H]1CCOC[C@@H]1N1Cc2c(F)cc(-c3nnc(C(F)F)o3)cc2C1=O. The fourth-order valence-corrected chi connectivity index (χ4v) is 3.50. The van der Waals surface area contributed by atoms with Crippen LogP contribution in [0.3, 0.4) is 0 Å². The Morgan fingerprint density at radius 1 is 1.34 bits per heavy atom. The van der Waals surface area contributed by atoms with Crippen molar-refractivity contribution in [1.29, 1.82) is 0 Å². The van der Waals surface area contributed by atoms with Gasteiger partial charge >= 0.3 is 12.5 Å². The topological polar surface area (TPSA) is 121 Å². The third-order valence-electron chi connectivity index (χ3n) is 4.82. The van der Waals surface area contributed by atoms with Crippen LogP contribution in [0.4, 0.5) is 18.0 Å². The molecular weight excluding hydrogens is 397 g/mol. The number of primary amides is 1. The molecule has 29 heavy (non-hydrogen) atoms. The standard InChI is InChI=1S/C17H15F3N4O5/c18-10-4-7(14-22-23-15(29-14)13(19)20)3-8-9(10)5-24(16(8)25)11-6-27-2-1-12(11)28-17(21)26/h3-4,11-13H,1-2,5-6H2,(H2,21,26)/t11-,12+/m0/s1. The molecule has 0 spiro atoms. The van der Waals surface area contributed by atoms with Gasteiger partial charge in [-0.05, 0) is 12.1 Å². The summed E-state index contributed by atoms with van der Waals surface area (Å²) in [6.45, 7) is 0.345. The predicted molar refractivity (Wildman–Crippen MR) is 88.2 cm³/mol. The summed E-state index contributed by atoms with van der Waals surface area (Å²) in [5, 5.41) is 6.67. The lowest BCUT2D eigenvalue weighted by molar-refractivity contribution is -0.0566. The number of fused-ring (bicyclic) bond motifs is 1. The van der Waals surface area contributed by atoms with Crippen LogP contribution in [-0.4, -0.2) is 52.5 Å². The summed E-state index contributed by atoms with van der Waals surface area (Å²) in [4.78, 5) is 25.4. The first-order chi connectivity index (χ1) is 13.8. The van der Waals surface area contributed by atoms with Crippen LogP contribution in [0.5, 0.6) is 0 Å². The van der Waals surface area contributed by atoms with Crippen molar-refractivity contribution < 1.29 is 36.7 Å². The van der Waals surface area contributed by atoms with Crippen molar-refractivity contribution in [3.63, 3.8) is 0 Å². The first kappa shape index (κ1) is 19.2. The van der Waals surface area contributed by atoms with Crippen molar-refractivity contribution in [1.82, 2.24) is 15.1 Å². The maximum absolute atomic E-state index is 14.7. The maximum atomic E-state index is 14.7. The van der Waals surface area contributed by atoms with Gasteiger partial charge < -0.3 is 24.5 Å². The van der Waals surface area contributed by atoms with E-state index in [0.29, 0.717) is 13.0 Å². The lowest BCUT2D eigenvalue weighted by Crippen LogP contribution is -2.51. The van der Waals surface area contributed by atoms with Crippen LogP contribution in [-0.2, 0) is 16.0 Å². The van der Waals surface area contributed by atoms with E-state index in [-0.39, 0.29) is 35.7 Å². The summed E-state index contributed by atoms with van der Waals surface area (Å²) < 4.78 is 55.3. The van der Waals surface area contributed by atoms with Gasteiger partial charge in [-0.3, -0.25) is 4.79 Å². The molecule has 0 saturated carbocycles. The Balaban J connectivity index is 1.64. The van der Waals surface area contributed by atoms with Crippen molar-refractivity contribution in [2.75, 3.05) is 13.2 Å². The van der Waals surface area contributed by atoms with E-state index in [9.17, 15) is 22.8 Å². The molecule has 1 aromatic carbocycles. The molecule has 154 valence electrons. The third kappa shape index (κ3) is 3.50. The number of hydrogen-bond acceptors (Lipinski definition) is 7. The van der Waals surface area contributed by atoms with E-state index in [1.54, 1.807) is 0 Å². The average Bonchev–Trinajstić information content (AvgIpc) is 3.28. The highest BCUT2D eigenvalue weighted by molar-refractivity contribution is 5.99. The maximum Gasteiger partial charge on any atom is 0.404 e.